The van der Waals surface area contributed by atoms with Crippen molar-refractivity contribution in [3.8, 4) is 5.75 Å². The average molecular weight is 494 g/mol. The maximum absolute atomic E-state index is 13.3. The minimum absolute atomic E-state index is 0.127. The lowest BCUT2D eigenvalue weighted by atomic mass is 9.95. The van der Waals surface area contributed by atoms with Crippen LogP contribution in [0.15, 0.2) is 54.1 Å². The second-order valence-corrected chi connectivity index (χ2v) is 9.23. The van der Waals surface area contributed by atoms with Crippen molar-refractivity contribution >= 4 is 23.1 Å². The summed E-state index contributed by atoms with van der Waals surface area (Å²) in [6.07, 6.45) is 1.64. The summed E-state index contributed by atoms with van der Waals surface area (Å²) in [7, 11) is 3.92. The van der Waals surface area contributed by atoms with Crippen LogP contribution < -0.4 is 9.64 Å². The van der Waals surface area contributed by atoms with Crippen molar-refractivity contribution < 1.29 is 19.4 Å². The van der Waals surface area contributed by atoms with Crippen molar-refractivity contribution in [2.75, 3.05) is 51.8 Å². The summed E-state index contributed by atoms with van der Waals surface area (Å²) in [4.78, 5) is 32.3. The predicted molar refractivity (Wildman–Crippen MR) is 144 cm³/mol. The van der Waals surface area contributed by atoms with E-state index in [9.17, 15) is 14.7 Å². The molecule has 0 aromatic heterocycles. The van der Waals surface area contributed by atoms with Crippen molar-refractivity contribution in [2.24, 2.45) is 0 Å². The molecule has 0 spiro atoms. The minimum atomic E-state index is -0.650. The summed E-state index contributed by atoms with van der Waals surface area (Å²) in [5, 5.41) is 11.3. The van der Waals surface area contributed by atoms with Crippen LogP contribution in [0.25, 0.3) is 5.76 Å². The third-order valence-corrected chi connectivity index (χ3v) is 6.63. The largest absolute Gasteiger partial charge is 0.507 e. The fourth-order valence-corrected chi connectivity index (χ4v) is 4.50. The lowest BCUT2D eigenvalue weighted by molar-refractivity contribution is -0.140. The Kier molecular flexibility index (Phi) is 9.53. The molecule has 1 amide bonds. The third-order valence-electron chi connectivity index (χ3n) is 6.63. The zero-order valence-electron chi connectivity index (χ0n) is 22.2. The predicted octanol–water partition coefficient (Wildman–Crippen LogP) is 4.70. The molecule has 1 atom stereocenters. The Morgan fingerprint density at radius 3 is 2.17 bits per heavy atom. The molecule has 7 heteroatoms. The maximum Gasteiger partial charge on any atom is 0.295 e. The average Bonchev–Trinajstić information content (AvgIpc) is 3.14. The van der Waals surface area contributed by atoms with Gasteiger partial charge in [-0.3, -0.25) is 9.59 Å². The lowest BCUT2D eigenvalue weighted by Gasteiger charge is -2.27. The molecule has 0 radical (unpaired) electrons. The minimum Gasteiger partial charge on any atom is -0.507 e. The fourth-order valence-electron chi connectivity index (χ4n) is 4.50. The van der Waals surface area contributed by atoms with Gasteiger partial charge < -0.3 is 24.5 Å². The number of aliphatic hydroxyl groups is 1. The molecule has 0 saturated carbocycles. The number of likely N-dealkylation sites (tertiary alicyclic amines) is 1. The third kappa shape index (κ3) is 6.08. The molecule has 194 valence electrons. The van der Waals surface area contributed by atoms with Crippen LogP contribution in [0.1, 0.15) is 50.8 Å². The molecule has 3 rings (SSSR count). The van der Waals surface area contributed by atoms with Gasteiger partial charge in [0.2, 0.25) is 0 Å². The Balaban J connectivity index is 1.99. The van der Waals surface area contributed by atoms with E-state index < -0.39 is 17.7 Å². The van der Waals surface area contributed by atoms with Crippen molar-refractivity contribution in [3.05, 3.63) is 65.2 Å². The monoisotopic (exact) mass is 493 g/mol. The molecule has 1 fully saturated rings. The Morgan fingerprint density at radius 2 is 1.61 bits per heavy atom. The first-order valence-electron chi connectivity index (χ1n) is 12.8. The normalized spacial score (nSPS) is 17.2. The van der Waals surface area contributed by atoms with Crippen LogP contribution in [-0.4, -0.2) is 73.5 Å². The maximum atomic E-state index is 13.3. The van der Waals surface area contributed by atoms with E-state index in [1.54, 1.807) is 29.2 Å². The van der Waals surface area contributed by atoms with Crippen LogP contribution in [0.5, 0.6) is 5.75 Å². The van der Waals surface area contributed by atoms with Crippen LogP contribution in [-0.2, 0) is 9.59 Å². The Bertz CT molecular complexity index is 1060. The molecule has 0 aliphatic carbocycles. The second-order valence-electron chi connectivity index (χ2n) is 9.23. The van der Waals surface area contributed by atoms with Gasteiger partial charge >= 0.3 is 0 Å². The van der Waals surface area contributed by atoms with Gasteiger partial charge in [-0.25, -0.2) is 0 Å². The molecule has 1 N–H and O–H groups in total. The number of nitrogens with zero attached hydrogens (tertiary/aromatic N) is 3. The molecule has 7 nitrogen and oxygen atoms in total. The van der Waals surface area contributed by atoms with Crippen LogP contribution >= 0.6 is 0 Å². The summed E-state index contributed by atoms with van der Waals surface area (Å²) in [5.74, 6) is -0.687. The SMILES string of the molecule is CCCOc1ccc(/C(O)=C2\C(=O)C(=O)N(CCCN(CC)CC)C2c2ccc(N(C)C)cc2)cc1. The highest BCUT2D eigenvalue weighted by Crippen LogP contribution is 2.40. The number of Topliss-reactive ketones (excluding diaryl/α,β-unsaturated/α-hetero) is 1. The van der Waals surface area contributed by atoms with Crippen molar-refractivity contribution in [1.82, 2.24) is 9.80 Å². The highest BCUT2D eigenvalue weighted by atomic mass is 16.5. The molecular formula is C29H39N3O4. The first kappa shape index (κ1) is 27.3. The summed E-state index contributed by atoms with van der Waals surface area (Å²) in [5.41, 5.74) is 2.42. The lowest BCUT2D eigenvalue weighted by Crippen LogP contribution is -2.33. The number of ketones is 1. The molecule has 2 aromatic rings. The number of anilines is 1. The number of amides is 1. The van der Waals surface area contributed by atoms with Crippen molar-refractivity contribution in [2.45, 2.75) is 39.7 Å². The first-order valence-corrected chi connectivity index (χ1v) is 12.8. The van der Waals surface area contributed by atoms with E-state index in [2.05, 4.69) is 18.7 Å². The number of rotatable bonds is 12. The van der Waals surface area contributed by atoms with Gasteiger partial charge in [-0.05, 0) is 74.4 Å². The Labute approximate surface area is 215 Å². The highest BCUT2D eigenvalue weighted by Gasteiger charge is 2.45. The van der Waals surface area contributed by atoms with E-state index in [0.717, 1.165) is 43.7 Å². The van der Waals surface area contributed by atoms with Crippen LogP contribution in [0.3, 0.4) is 0 Å². The number of carbonyl (C=O) groups is 2. The van der Waals surface area contributed by atoms with Gasteiger partial charge in [0.15, 0.2) is 0 Å². The summed E-state index contributed by atoms with van der Waals surface area (Å²) < 4.78 is 5.64. The van der Waals surface area contributed by atoms with Crippen LogP contribution in [0.2, 0.25) is 0 Å². The summed E-state index contributed by atoms with van der Waals surface area (Å²) >= 11 is 0. The number of hydrogen-bond acceptors (Lipinski definition) is 6. The van der Waals surface area contributed by atoms with E-state index in [4.69, 9.17) is 4.74 Å². The molecule has 1 aliphatic heterocycles. The highest BCUT2D eigenvalue weighted by molar-refractivity contribution is 6.46. The van der Waals surface area contributed by atoms with Gasteiger partial charge in [-0.15, -0.1) is 0 Å². The van der Waals surface area contributed by atoms with E-state index in [1.807, 2.05) is 50.2 Å². The van der Waals surface area contributed by atoms with Crippen LogP contribution in [0.4, 0.5) is 5.69 Å². The summed E-state index contributed by atoms with van der Waals surface area (Å²) in [6, 6.07) is 14.1. The first-order chi connectivity index (χ1) is 17.3. The quantitative estimate of drug-likeness (QED) is 0.263. The van der Waals surface area contributed by atoms with Gasteiger partial charge in [0.1, 0.15) is 11.5 Å². The van der Waals surface area contributed by atoms with Gasteiger partial charge in [0.25, 0.3) is 11.7 Å². The van der Waals surface area contributed by atoms with Crippen LogP contribution in [0, 0.1) is 0 Å². The molecule has 1 unspecified atom stereocenters. The van der Waals surface area contributed by atoms with Gasteiger partial charge in [0, 0.05) is 31.9 Å². The zero-order valence-corrected chi connectivity index (χ0v) is 22.2. The molecule has 36 heavy (non-hydrogen) atoms. The standard InChI is InChI=1S/C29H39N3O4/c1-6-20-36-24-16-12-22(13-17-24)27(33)25-26(21-10-14-23(15-11-21)30(4)5)32(29(35)28(25)34)19-9-18-31(7-2)8-3/h10-17,26,33H,6-9,18-20H2,1-5H3/b27-25+. The van der Waals surface area contributed by atoms with Gasteiger partial charge in [-0.1, -0.05) is 32.9 Å². The summed E-state index contributed by atoms with van der Waals surface area (Å²) in [6.45, 7) is 10.00. The molecule has 1 saturated heterocycles. The van der Waals surface area contributed by atoms with E-state index in [-0.39, 0.29) is 11.3 Å². The molecule has 1 aliphatic rings. The van der Waals surface area contributed by atoms with Gasteiger partial charge in [0.05, 0.1) is 18.2 Å². The number of aliphatic hydroxyl groups excluding tert-OH is 1. The molecule has 2 aromatic carbocycles. The molecular weight excluding hydrogens is 454 g/mol. The van der Waals surface area contributed by atoms with Crippen molar-refractivity contribution in [1.29, 1.82) is 0 Å². The van der Waals surface area contributed by atoms with E-state index in [1.165, 1.54) is 0 Å². The van der Waals surface area contributed by atoms with E-state index >= 15 is 0 Å². The smallest absolute Gasteiger partial charge is 0.295 e. The number of carbonyl (C=O) groups excluding carboxylic acids is 2. The zero-order chi connectivity index (χ0) is 26.2. The topological polar surface area (TPSA) is 73.3 Å². The van der Waals surface area contributed by atoms with Gasteiger partial charge in [-0.2, -0.15) is 0 Å². The molecule has 1 heterocycles. The molecule has 0 bridgehead atoms. The fraction of sp³-hybridized carbons (Fsp3) is 0.448. The van der Waals surface area contributed by atoms with E-state index in [0.29, 0.717) is 24.5 Å². The number of benzene rings is 2. The Morgan fingerprint density at radius 1 is 0.972 bits per heavy atom. The number of hydrogen-bond donors (Lipinski definition) is 1. The number of ether oxygens (including phenoxy) is 1. The second kappa shape index (κ2) is 12.6. The Hall–Kier alpha value is -3.32. The van der Waals surface area contributed by atoms with Crippen molar-refractivity contribution in [3.63, 3.8) is 0 Å².